The Balaban J connectivity index is 1.60. The van der Waals surface area contributed by atoms with E-state index in [0.29, 0.717) is 24.1 Å². The molecular weight excluding hydrogens is 348 g/mol. The zero-order valence-electron chi connectivity index (χ0n) is 16.5. The zero-order chi connectivity index (χ0) is 19.7. The van der Waals surface area contributed by atoms with Gasteiger partial charge in [-0.3, -0.25) is 4.79 Å². The number of hydrogen-bond donors (Lipinski definition) is 0. The molecular formula is C23H24N4O. The quantitative estimate of drug-likeness (QED) is 0.675. The van der Waals surface area contributed by atoms with Crippen LogP contribution < -0.4 is 9.80 Å². The lowest BCUT2D eigenvalue weighted by Gasteiger charge is -2.23. The van der Waals surface area contributed by atoms with Gasteiger partial charge in [0, 0.05) is 36.4 Å². The Morgan fingerprint density at radius 1 is 1.14 bits per heavy atom. The smallest absolute Gasteiger partial charge is 0.261 e. The molecule has 0 saturated carbocycles. The van der Waals surface area contributed by atoms with Gasteiger partial charge in [0.1, 0.15) is 0 Å². The molecule has 1 unspecified atom stereocenters. The second kappa shape index (κ2) is 7.43. The zero-order valence-corrected chi connectivity index (χ0v) is 16.5. The monoisotopic (exact) mass is 372 g/mol. The average Bonchev–Trinajstić information content (AvgIpc) is 3.04. The van der Waals surface area contributed by atoms with Crippen LogP contribution in [0.4, 0.5) is 17.3 Å². The van der Waals surface area contributed by atoms with E-state index in [0.717, 1.165) is 23.4 Å². The predicted octanol–water partition coefficient (Wildman–Crippen LogP) is 4.53. The van der Waals surface area contributed by atoms with E-state index in [2.05, 4.69) is 40.0 Å². The van der Waals surface area contributed by atoms with Crippen molar-refractivity contribution in [2.75, 3.05) is 16.3 Å². The standard InChI is InChI=1S/C23H24N4O/c1-4-26(20-10-7-8-16(2)12-20)22(28)19-14-24-23(25-15-19)27-17(3)13-18-9-5-6-11-21(18)27/h5-12,14-15,17H,4,13H2,1-3H3. The topological polar surface area (TPSA) is 49.3 Å². The summed E-state index contributed by atoms with van der Waals surface area (Å²) in [6.45, 7) is 6.74. The molecule has 0 spiro atoms. The predicted molar refractivity (Wildman–Crippen MR) is 112 cm³/mol. The van der Waals surface area contributed by atoms with Crippen LogP contribution in [0, 0.1) is 6.92 Å². The van der Waals surface area contributed by atoms with Gasteiger partial charge >= 0.3 is 0 Å². The molecule has 1 aliphatic rings. The molecule has 1 aromatic heterocycles. The highest BCUT2D eigenvalue weighted by molar-refractivity contribution is 6.05. The van der Waals surface area contributed by atoms with Gasteiger partial charge in [0.05, 0.1) is 5.56 Å². The SMILES string of the molecule is CCN(C(=O)c1cnc(N2c3ccccc3CC2C)nc1)c1cccc(C)c1. The summed E-state index contributed by atoms with van der Waals surface area (Å²) in [7, 11) is 0. The minimum Gasteiger partial charge on any atom is -0.309 e. The first-order chi connectivity index (χ1) is 13.6. The van der Waals surface area contributed by atoms with Gasteiger partial charge in [-0.05, 0) is 56.5 Å². The van der Waals surface area contributed by atoms with Crippen LogP contribution in [0.25, 0.3) is 0 Å². The first kappa shape index (κ1) is 18.2. The van der Waals surface area contributed by atoms with Crippen molar-refractivity contribution in [3.63, 3.8) is 0 Å². The van der Waals surface area contributed by atoms with Crippen LogP contribution in [-0.2, 0) is 6.42 Å². The van der Waals surface area contributed by atoms with Crippen molar-refractivity contribution in [1.82, 2.24) is 9.97 Å². The van der Waals surface area contributed by atoms with Crippen molar-refractivity contribution < 1.29 is 4.79 Å². The Morgan fingerprint density at radius 2 is 1.89 bits per heavy atom. The third-order valence-corrected chi connectivity index (χ3v) is 5.18. The van der Waals surface area contributed by atoms with Crippen LogP contribution in [0.2, 0.25) is 0 Å². The van der Waals surface area contributed by atoms with Crippen LogP contribution >= 0.6 is 0 Å². The number of benzene rings is 2. The molecule has 5 nitrogen and oxygen atoms in total. The van der Waals surface area contributed by atoms with Gasteiger partial charge in [0.25, 0.3) is 5.91 Å². The fourth-order valence-electron chi connectivity index (χ4n) is 3.82. The number of anilines is 3. The Morgan fingerprint density at radius 3 is 2.61 bits per heavy atom. The van der Waals surface area contributed by atoms with E-state index in [1.54, 1.807) is 17.3 Å². The molecule has 0 saturated heterocycles. The maximum atomic E-state index is 13.0. The number of carbonyl (C=O) groups excluding carboxylic acids is 1. The number of nitrogens with zero attached hydrogens (tertiary/aromatic N) is 4. The third kappa shape index (κ3) is 3.24. The van der Waals surface area contributed by atoms with E-state index in [1.807, 2.05) is 44.2 Å². The second-order valence-corrected chi connectivity index (χ2v) is 7.21. The minimum absolute atomic E-state index is 0.0884. The van der Waals surface area contributed by atoms with Gasteiger partial charge < -0.3 is 9.80 Å². The summed E-state index contributed by atoms with van der Waals surface area (Å²) in [5, 5.41) is 0. The van der Waals surface area contributed by atoms with E-state index in [9.17, 15) is 4.79 Å². The molecule has 1 aliphatic heterocycles. The summed E-state index contributed by atoms with van der Waals surface area (Å²) in [5.74, 6) is 0.544. The lowest BCUT2D eigenvalue weighted by Crippen LogP contribution is -2.31. The van der Waals surface area contributed by atoms with E-state index >= 15 is 0 Å². The van der Waals surface area contributed by atoms with E-state index in [1.165, 1.54) is 5.56 Å². The van der Waals surface area contributed by atoms with Crippen molar-refractivity contribution in [3.05, 3.63) is 77.6 Å². The van der Waals surface area contributed by atoms with Gasteiger partial charge in [-0.25, -0.2) is 9.97 Å². The van der Waals surface area contributed by atoms with Gasteiger partial charge in [0.15, 0.2) is 0 Å². The van der Waals surface area contributed by atoms with Crippen molar-refractivity contribution in [2.24, 2.45) is 0 Å². The van der Waals surface area contributed by atoms with Crippen LogP contribution in [0.1, 0.15) is 35.3 Å². The Kier molecular flexibility index (Phi) is 4.82. The van der Waals surface area contributed by atoms with Gasteiger partial charge in [0.2, 0.25) is 5.95 Å². The summed E-state index contributed by atoms with van der Waals surface area (Å²) >= 11 is 0. The maximum Gasteiger partial charge on any atom is 0.261 e. The lowest BCUT2D eigenvalue weighted by molar-refractivity contribution is 0.0987. The molecule has 142 valence electrons. The maximum absolute atomic E-state index is 13.0. The fourth-order valence-corrected chi connectivity index (χ4v) is 3.82. The molecule has 2 aromatic carbocycles. The lowest BCUT2D eigenvalue weighted by atomic mass is 10.1. The molecule has 0 aliphatic carbocycles. The number of fused-ring (bicyclic) bond motifs is 1. The number of carbonyl (C=O) groups is 1. The average molecular weight is 372 g/mol. The van der Waals surface area contributed by atoms with E-state index in [-0.39, 0.29) is 5.91 Å². The minimum atomic E-state index is -0.0884. The number of rotatable bonds is 4. The number of aryl methyl sites for hydroxylation is 1. The molecule has 1 amide bonds. The molecule has 5 heteroatoms. The third-order valence-electron chi connectivity index (χ3n) is 5.18. The second-order valence-electron chi connectivity index (χ2n) is 7.21. The molecule has 0 radical (unpaired) electrons. The summed E-state index contributed by atoms with van der Waals surface area (Å²) in [6.07, 6.45) is 4.24. The first-order valence-corrected chi connectivity index (χ1v) is 9.66. The molecule has 0 N–H and O–H groups in total. The Hall–Kier alpha value is -3.21. The van der Waals surface area contributed by atoms with Crippen LogP contribution in [0.5, 0.6) is 0 Å². The molecule has 4 rings (SSSR count). The molecule has 28 heavy (non-hydrogen) atoms. The van der Waals surface area contributed by atoms with Crippen LogP contribution in [0.3, 0.4) is 0 Å². The molecule has 1 atom stereocenters. The molecule has 0 bridgehead atoms. The Labute approximate surface area is 165 Å². The highest BCUT2D eigenvalue weighted by Gasteiger charge is 2.28. The number of para-hydroxylation sites is 1. The highest BCUT2D eigenvalue weighted by atomic mass is 16.2. The summed E-state index contributed by atoms with van der Waals surface area (Å²) < 4.78 is 0. The summed E-state index contributed by atoms with van der Waals surface area (Å²) in [5.41, 5.74) is 4.95. The van der Waals surface area contributed by atoms with Crippen LogP contribution in [0.15, 0.2) is 60.9 Å². The fraction of sp³-hybridized carbons (Fsp3) is 0.261. The normalized spacial score (nSPS) is 15.4. The van der Waals surface area contributed by atoms with Crippen molar-refractivity contribution >= 4 is 23.2 Å². The number of amides is 1. The van der Waals surface area contributed by atoms with Gasteiger partial charge in [-0.1, -0.05) is 30.3 Å². The molecule has 0 fully saturated rings. The number of aromatic nitrogens is 2. The Bertz CT molecular complexity index is 999. The summed E-state index contributed by atoms with van der Waals surface area (Å²) in [4.78, 5) is 26.0. The van der Waals surface area contributed by atoms with E-state index in [4.69, 9.17) is 0 Å². The van der Waals surface area contributed by atoms with Gasteiger partial charge in [-0.15, -0.1) is 0 Å². The summed E-state index contributed by atoms with van der Waals surface area (Å²) in [6, 6.07) is 16.6. The van der Waals surface area contributed by atoms with Crippen molar-refractivity contribution in [1.29, 1.82) is 0 Å². The first-order valence-electron chi connectivity index (χ1n) is 9.66. The van der Waals surface area contributed by atoms with Crippen molar-refractivity contribution in [2.45, 2.75) is 33.2 Å². The molecule has 2 heterocycles. The van der Waals surface area contributed by atoms with Crippen LogP contribution in [-0.4, -0.2) is 28.5 Å². The van der Waals surface area contributed by atoms with E-state index < -0.39 is 0 Å². The van der Waals surface area contributed by atoms with Gasteiger partial charge in [-0.2, -0.15) is 0 Å². The van der Waals surface area contributed by atoms with Crippen molar-refractivity contribution in [3.8, 4) is 0 Å². The highest BCUT2D eigenvalue weighted by Crippen LogP contribution is 2.36. The molecule has 3 aromatic rings. The number of hydrogen-bond acceptors (Lipinski definition) is 4. The largest absolute Gasteiger partial charge is 0.309 e.